The summed E-state index contributed by atoms with van der Waals surface area (Å²) in [6, 6.07) is 4.53. The molecule has 0 bridgehead atoms. The van der Waals surface area contributed by atoms with Gasteiger partial charge in [0.05, 0.1) is 25.1 Å². The quantitative estimate of drug-likeness (QED) is 0.418. The molecule has 0 spiro atoms. The van der Waals surface area contributed by atoms with Crippen LogP contribution in [0.25, 0.3) is 0 Å². The van der Waals surface area contributed by atoms with Gasteiger partial charge in [0.2, 0.25) is 5.28 Å². The molecule has 0 aliphatic heterocycles. The first-order valence-electron chi connectivity index (χ1n) is 11.8. The molecule has 200 valence electrons. The normalized spacial score (nSPS) is 18.1. The molecule has 1 fully saturated rings. The highest BCUT2D eigenvalue weighted by atomic mass is 35.5. The maximum absolute atomic E-state index is 13.3. The Kier molecular flexibility index (Phi) is 8.92. The van der Waals surface area contributed by atoms with E-state index in [-0.39, 0.29) is 41.0 Å². The third kappa shape index (κ3) is 7.73. The van der Waals surface area contributed by atoms with E-state index in [1.807, 2.05) is 0 Å². The molecule has 3 rings (SSSR count). The van der Waals surface area contributed by atoms with E-state index < -0.39 is 23.2 Å². The molecule has 0 atom stereocenters. The van der Waals surface area contributed by atoms with Crippen LogP contribution in [0.5, 0.6) is 0 Å². The Labute approximate surface area is 218 Å². The number of aliphatic hydroxyl groups is 1. The first-order valence-corrected chi connectivity index (χ1v) is 12.2. The summed E-state index contributed by atoms with van der Waals surface area (Å²) in [6.45, 7) is 3.30. The molecule has 1 saturated carbocycles. The zero-order chi connectivity index (χ0) is 27.4. The number of halogens is 4. The standard InChI is InChI=1S/C26H29ClF3N3O4/c1-25(2,36)13-12-20-21(22(34)31-14-16-4-8-18(9-5-16)23(35)37-3)33(24(27)32-20)15-17-6-10-19(11-7-17)26(28,29)30/h6-7,10-11,16,18,36H,4-5,8-9,14-15H2,1-3H3,(H,31,34). The molecule has 1 aromatic carbocycles. The van der Waals surface area contributed by atoms with Gasteiger partial charge in [0, 0.05) is 6.54 Å². The van der Waals surface area contributed by atoms with E-state index in [2.05, 4.69) is 22.1 Å². The van der Waals surface area contributed by atoms with Gasteiger partial charge in [0.15, 0.2) is 0 Å². The Morgan fingerprint density at radius 3 is 2.35 bits per heavy atom. The summed E-state index contributed by atoms with van der Waals surface area (Å²) >= 11 is 6.32. The number of nitrogens with zero attached hydrogens (tertiary/aromatic N) is 2. The number of amides is 1. The van der Waals surface area contributed by atoms with E-state index in [0.717, 1.165) is 25.0 Å². The fourth-order valence-corrected chi connectivity index (χ4v) is 4.40. The lowest BCUT2D eigenvalue weighted by Crippen LogP contribution is -2.34. The highest BCUT2D eigenvalue weighted by molar-refractivity contribution is 6.29. The van der Waals surface area contributed by atoms with E-state index in [9.17, 15) is 27.9 Å². The molecule has 1 aromatic heterocycles. The highest BCUT2D eigenvalue weighted by Crippen LogP contribution is 2.30. The first-order chi connectivity index (χ1) is 17.3. The third-order valence-electron chi connectivity index (χ3n) is 6.18. The molecule has 1 aliphatic carbocycles. The van der Waals surface area contributed by atoms with Crippen molar-refractivity contribution in [2.45, 2.75) is 57.9 Å². The van der Waals surface area contributed by atoms with Crippen LogP contribution in [-0.2, 0) is 22.3 Å². The Bertz CT molecular complexity index is 1180. The molecular formula is C26H29ClF3N3O4. The van der Waals surface area contributed by atoms with Crippen LogP contribution in [-0.4, -0.2) is 45.8 Å². The number of carbonyl (C=O) groups is 2. The van der Waals surface area contributed by atoms with Gasteiger partial charge >= 0.3 is 12.1 Å². The number of rotatable bonds is 6. The second kappa shape index (κ2) is 11.6. The van der Waals surface area contributed by atoms with Crippen LogP contribution in [0.15, 0.2) is 24.3 Å². The van der Waals surface area contributed by atoms with Crippen LogP contribution < -0.4 is 5.32 Å². The summed E-state index contributed by atoms with van der Waals surface area (Å²) in [4.78, 5) is 29.2. The van der Waals surface area contributed by atoms with E-state index in [0.29, 0.717) is 24.9 Å². The first kappa shape index (κ1) is 28.5. The van der Waals surface area contributed by atoms with E-state index in [1.54, 1.807) is 0 Å². The second-order valence-corrected chi connectivity index (χ2v) is 9.96. The summed E-state index contributed by atoms with van der Waals surface area (Å²) in [5.74, 6) is 4.61. The van der Waals surface area contributed by atoms with Crippen LogP contribution in [0.4, 0.5) is 13.2 Å². The molecule has 37 heavy (non-hydrogen) atoms. The molecule has 11 heteroatoms. The summed E-state index contributed by atoms with van der Waals surface area (Å²) in [5.41, 5.74) is -1.57. The smallest absolute Gasteiger partial charge is 0.416 e. The fourth-order valence-electron chi connectivity index (χ4n) is 4.17. The predicted octanol–water partition coefficient (Wildman–Crippen LogP) is 4.44. The highest BCUT2D eigenvalue weighted by Gasteiger charge is 2.31. The molecule has 0 unspecified atom stereocenters. The van der Waals surface area contributed by atoms with Crippen molar-refractivity contribution in [3.05, 3.63) is 52.1 Å². The van der Waals surface area contributed by atoms with Crippen molar-refractivity contribution >= 4 is 23.5 Å². The zero-order valence-electron chi connectivity index (χ0n) is 20.8. The fraction of sp³-hybridized carbons (Fsp3) is 0.500. The summed E-state index contributed by atoms with van der Waals surface area (Å²) in [6.07, 6.45) is -1.62. The average molecular weight is 540 g/mol. The van der Waals surface area contributed by atoms with Crippen molar-refractivity contribution in [2.75, 3.05) is 13.7 Å². The molecule has 1 aliphatic rings. The van der Waals surface area contributed by atoms with Crippen LogP contribution in [0.3, 0.4) is 0 Å². The van der Waals surface area contributed by atoms with Gasteiger partial charge in [-0.1, -0.05) is 18.1 Å². The Hall–Kier alpha value is -3.03. The number of benzene rings is 1. The van der Waals surface area contributed by atoms with Gasteiger partial charge in [0.25, 0.3) is 5.91 Å². The maximum Gasteiger partial charge on any atom is 0.416 e. The van der Waals surface area contributed by atoms with Crippen LogP contribution >= 0.6 is 11.6 Å². The van der Waals surface area contributed by atoms with Crippen molar-refractivity contribution in [3.63, 3.8) is 0 Å². The molecule has 2 N–H and O–H groups in total. The van der Waals surface area contributed by atoms with Crippen molar-refractivity contribution in [1.29, 1.82) is 0 Å². The van der Waals surface area contributed by atoms with Crippen molar-refractivity contribution < 1.29 is 32.6 Å². The minimum absolute atomic E-state index is 0.0127. The molecule has 1 amide bonds. The number of imidazole rings is 1. The van der Waals surface area contributed by atoms with Gasteiger partial charge in [-0.3, -0.25) is 9.59 Å². The van der Waals surface area contributed by atoms with Gasteiger partial charge < -0.3 is 19.7 Å². The number of hydrogen-bond donors (Lipinski definition) is 2. The number of methoxy groups -OCH3 is 1. The van der Waals surface area contributed by atoms with Crippen LogP contribution in [0.2, 0.25) is 5.28 Å². The van der Waals surface area contributed by atoms with Crippen LogP contribution in [0, 0.1) is 23.7 Å². The molecule has 0 saturated heterocycles. The molecule has 7 nitrogen and oxygen atoms in total. The Morgan fingerprint density at radius 1 is 1.19 bits per heavy atom. The van der Waals surface area contributed by atoms with E-state index >= 15 is 0 Å². The number of nitrogens with one attached hydrogen (secondary N) is 1. The molecule has 1 heterocycles. The zero-order valence-corrected chi connectivity index (χ0v) is 21.5. The lowest BCUT2D eigenvalue weighted by atomic mass is 9.82. The van der Waals surface area contributed by atoms with Gasteiger partial charge in [-0.25, -0.2) is 4.98 Å². The molecule has 2 aromatic rings. The van der Waals surface area contributed by atoms with Gasteiger partial charge in [-0.2, -0.15) is 13.2 Å². The molecule has 0 radical (unpaired) electrons. The maximum atomic E-state index is 13.3. The van der Waals surface area contributed by atoms with Gasteiger partial charge in [-0.05, 0) is 80.7 Å². The van der Waals surface area contributed by atoms with Crippen molar-refractivity contribution in [2.24, 2.45) is 11.8 Å². The summed E-state index contributed by atoms with van der Waals surface area (Å²) in [7, 11) is 1.37. The number of hydrogen-bond acceptors (Lipinski definition) is 5. The Balaban J connectivity index is 1.82. The molecular weight excluding hydrogens is 511 g/mol. The minimum Gasteiger partial charge on any atom is -0.469 e. The predicted molar refractivity (Wildman–Crippen MR) is 131 cm³/mol. The number of carbonyl (C=O) groups excluding carboxylic acids is 2. The topological polar surface area (TPSA) is 93.4 Å². The largest absolute Gasteiger partial charge is 0.469 e. The minimum atomic E-state index is -4.47. The monoisotopic (exact) mass is 539 g/mol. The average Bonchev–Trinajstić information content (AvgIpc) is 3.15. The lowest BCUT2D eigenvalue weighted by molar-refractivity contribution is -0.146. The van der Waals surface area contributed by atoms with Crippen molar-refractivity contribution in [3.8, 4) is 11.8 Å². The lowest BCUT2D eigenvalue weighted by Gasteiger charge is -2.27. The van der Waals surface area contributed by atoms with Crippen molar-refractivity contribution in [1.82, 2.24) is 14.9 Å². The summed E-state index contributed by atoms with van der Waals surface area (Å²) in [5, 5.41) is 12.8. The van der Waals surface area contributed by atoms with Gasteiger partial charge in [-0.15, -0.1) is 0 Å². The number of ether oxygens (including phenoxy) is 1. The van der Waals surface area contributed by atoms with E-state index in [1.165, 1.54) is 37.7 Å². The second-order valence-electron chi connectivity index (χ2n) is 9.62. The number of alkyl halides is 3. The number of aromatic nitrogens is 2. The van der Waals surface area contributed by atoms with Gasteiger partial charge in [0.1, 0.15) is 17.0 Å². The third-order valence-corrected chi connectivity index (χ3v) is 6.47. The SMILES string of the molecule is COC(=O)C1CCC(CNC(=O)c2c(C#CC(C)(C)O)nc(Cl)n2Cc2ccc(C(F)(F)F)cc2)CC1. The van der Waals surface area contributed by atoms with E-state index in [4.69, 9.17) is 16.3 Å². The Morgan fingerprint density at radius 2 is 1.81 bits per heavy atom. The summed E-state index contributed by atoms with van der Waals surface area (Å²) < 4.78 is 45.0. The number of esters is 1. The van der Waals surface area contributed by atoms with Crippen LogP contribution in [0.1, 0.15) is 66.8 Å².